The molecule has 186 valence electrons. The van der Waals surface area contributed by atoms with Crippen molar-refractivity contribution >= 4 is 33.4 Å². The first kappa shape index (κ1) is 26.4. The maximum absolute atomic E-state index is 13.5. The quantitative estimate of drug-likeness (QED) is 0.283. The van der Waals surface area contributed by atoms with Crippen LogP contribution in [0.1, 0.15) is 12.0 Å². The maximum atomic E-state index is 13.5. The molecule has 35 heavy (non-hydrogen) atoms. The molecular formula is C26H30N2O5S2. The van der Waals surface area contributed by atoms with Crippen LogP contribution < -0.4 is 19.1 Å². The van der Waals surface area contributed by atoms with E-state index in [-0.39, 0.29) is 17.3 Å². The van der Waals surface area contributed by atoms with E-state index in [1.54, 1.807) is 42.1 Å². The highest BCUT2D eigenvalue weighted by molar-refractivity contribution is 7.99. The van der Waals surface area contributed by atoms with E-state index < -0.39 is 10.0 Å². The molecule has 9 heteroatoms. The zero-order chi connectivity index (χ0) is 25.3. The first-order valence-electron chi connectivity index (χ1n) is 11.1. The molecule has 3 aromatic rings. The van der Waals surface area contributed by atoms with Gasteiger partial charge < -0.3 is 14.8 Å². The standard InChI is InChI=1S/C26H30N2O5S2/c1-20-10-13-23(14-11-20)35(30,31)28(21-12-15-24(32-2)25(18-21)33-3)19-26(29)27-16-7-17-34-22-8-5-4-6-9-22/h4-6,8-15,18H,7,16-17,19H2,1-3H3,(H,27,29). The van der Waals surface area contributed by atoms with Gasteiger partial charge in [0, 0.05) is 17.5 Å². The Labute approximate surface area is 211 Å². The number of benzene rings is 3. The number of amides is 1. The molecule has 3 rings (SSSR count). The van der Waals surface area contributed by atoms with Crippen molar-refractivity contribution in [2.24, 2.45) is 0 Å². The molecule has 0 bridgehead atoms. The summed E-state index contributed by atoms with van der Waals surface area (Å²) in [7, 11) is -1.04. The molecule has 3 aromatic carbocycles. The first-order chi connectivity index (χ1) is 16.8. The molecule has 0 aliphatic carbocycles. The maximum Gasteiger partial charge on any atom is 0.264 e. The highest BCUT2D eigenvalue weighted by Gasteiger charge is 2.28. The van der Waals surface area contributed by atoms with E-state index in [2.05, 4.69) is 5.32 Å². The van der Waals surface area contributed by atoms with E-state index in [0.29, 0.717) is 23.7 Å². The average Bonchev–Trinajstić information content (AvgIpc) is 2.87. The van der Waals surface area contributed by atoms with Gasteiger partial charge in [-0.25, -0.2) is 8.42 Å². The summed E-state index contributed by atoms with van der Waals surface area (Å²) in [6.45, 7) is 1.96. The van der Waals surface area contributed by atoms with Crippen molar-refractivity contribution in [1.82, 2.24) is 5.32 Å². The minimum Gasteiger partial charge on any atom is -0.493 e. The number of ether oxygens (including phenoxy) is 2. The van der Waals surface area contributed by atoms with Crippen LogP contribution >= 0.6 is 11.8 Å². The molecule has 0 aromatic heterocycles. The lowest BCUT2D eigenvalue weighted by molar-refractivity contribution is -0.119. The van der Waals surface area contributed by atoms with Crippen LogP contribution in [0.15, 0.2) is 82.6 Å². The lowest BCUT2D eigenvalue weighted by atomic mass is 10.2. The summed E-state index contributed by atoms with van der Waals surface area (Å²) in [5, 5.41) is 2.84. The van der Waals surface area contributed by atoms with Crippen LogP contribution in [0.25, 0.3) is 0 Å². The van der Waals surface area contributed by atoms with Crippen LogP contribution in [0.4, 0.5) is 5.69 Å². The van der Waals surface area contributed by atoms with Crippen molar-refractivity contribution in [3.8, 4) is 11.5 Å². The summed E-state index contributed by atoms with van der Waals surface area (Å²) in [6, 6.07) is 21.3. The number of sulfonamides is 1. The Morgan fingerprint density at radius 2 is 1.63 bits per heavy atom. The van der Waals surface area contributed by atoms with Crippen molar-refractivity contribution in [3.05, 3.63) is 78.4 Å². The van der Waals surface area contributed by atoms with Gasteiger partial charge in [0.15, 0.2) is 11.5 Å². The number of methoxy groups -OCH3 is 2. The van der Waals surface area contributed by atoms with E-state index in [0.717, 1.165) is 22.0 Å². The van der Waals surface area contributed by atoms with E-state index in [1.807, 2.05) is 37.3 Å². The van der Waals surface area contributed by atoms with Crippen LogP contribution in [-0.4, -0.2) is 47.4 Å². The van der Waals surface area contributed by atoms with Crippen LogP contribution in [0.2, 0.25) is 0 Å². The van der Waals surface area contributed by atoms with Crippen LogP contribution in [-0.2, 0) is 14.8 Å². The number of hydrogen-bond acceptors (Lipinski definition) is 6. The number of hydrogen-bond donors (Lipinski definition) is 1. The van der Waals surface area contributed by atoms with Gasteiger partial charge in [-0.3, -0.25) is 9.10 Å². The van der Waals surface area contributed by atoms with E-state index in [4.69, 9.17) is 9.47 Å². The van der Waals surface area contributed by atoms with Gasteiger partial charge in [0.1, 0.15) is 6.54 Å². The van der Waals surface area contributed by atoms with Gasteiger partial charge in [-0.05, 0) is 55.5 Å². The number of rotatable bonds is 12. The van der Waals surface area contributed by atoms with Crippen molar-refractivity contribution in [3.63, 3.8) is 0 Å². The van der Waals surface area contributed by atoms with Crippen LogP contribution in [0.5, 0.6) is 11.5 Å². The summed E-state index contributed by atoms with van der Waals surface area (Å²) >= 11 is 1.71. The minimum absolute atomic E-state index is 0.102. The van der Waals surface area contributed by atoms with Crippen molar-refractivity contribution in [1.29, 1.82) is 0 Å². The fourth-order valence-corrected chi connectivity index (χ4v) is 5.61. The average molecular weight is 515 g/mol. The molecule has 0 saturated heterocycles. The Kier molecular flexibility index (Phi) is 9.45. The molecule has 0 radical (unpaired) electrons. The number of nitrogens with one attached hydrogen (secondary N) is 1. The Bertz CT molecular complexity index is 1220. The van der Waals surface area contributed by atoms with Gasteiger partial charge in [0.25, 0.3) is 10.0 Å². The number of aryl methyl sites for hydroxylation is 1. The molecule has 0 fully saturated rings. The van der Waals surface area contributed by atoms with Crippen molar-refractivity contribution in [2.75, 3.05) is 37.4 Å². The van der Waals surface area contributed by atoms with Gasteiger partial charge in [-0.2, -0.15) is 0 Å². The Hall–Kier alpha value is -3.17. The largest absolute Gasteiger partial charge is 0.493 e. The molecule has 1 amide bonds. The van der Waals surface area contributed by atoms with E-state index in [1.165, 1.54) is 31.2 Å². The zero-order valence-corrected chi connectivity index (χ0v) is 21.7. The van der Waals surface area contributed by atoms with E-state index >= 15 is 0 Å². The molecule has 0 aliphatic rings. The number of thioether (sulfide) groups is 1. The number of nitrogens with zero attached hydrogens (tertiary/aromatic N) is 1. The monoisotopic (exact) mass is 514 g/mol. The molecule has 0 aliphatic heterocycles. The molecule has 0 unspecified atom stereocenters. The second-order valence-electron chi connectivity index (χ2n) is 7.73. The lowest BCUT2D eigenvalue weighted by Gasteiger charge is -2.25. The summed E-state index contributed by atoms with van der Waals surface area (Å²) in [4.78, 5) is 14.1. The molecule has 0 atom stereocenters. The summed E-state index contributed by atoms with van der Waals surface area (Å²) in [5.74, 6) is 1.28. The normalized spacial score (nSPS) is 11.1. The molecular weight excluding hydrogens is 484 g/mol. The summed E-state index contributed by atoms with van der Waals surface area (Å²) in [5.41, 5.74) is 1.24. The van der Waals surface area contributed by atoms with Gasteiger partial charge in [0.2, 0.25) is 5.91 Å². The third-order valence-electron chi connectivity index (χ3n) is 5.21. The van der Waals surface area contributed by atoms with Crippen LogP contribution in [0.3, 0.4) is 0 Å². The smallest absolute Gasteiger partial charge is 0.264 e. The van der Waals surface area contributed by atoms with Gasteiger partial charge in [0.05, 0.1) is 24.8 Å². The summed E-state index contributed by atoms with van der Waals surface area (Å²) < 4.78 is 38.8. The third-order valence-corrected chi connectivity index (χ3v) is 8.09. The topological polar surface area (TPSA) is 84.9 Å². The highest BCUT2D eigenvalue weighted by atomic mass is 32.2. The summed E-state index contributed by atoms with van der Waals surface area (Å²) in [6.07, 6.45) is 0.756. The predicted molar refractivity (Wildman–Crippen MR) is 140 cm³/mol. The van der Waals surface area contributed by atoms with Gasteiger partial charge in [-0.1, -0.05) is 35.9 Å². The first-order valence-corrected chi connectivity index (χ1v) is 13.5. The molecule has 0 saturated carbocycles. The predicted octanol–water partition coefficient (Wildman–Crippen LogP) is 4.51. The second kappa shape index (κ2) is 12.5. The van der Waals surface area contributed by atoms with E-state index in [9.17, 15) is 13.2 Å². The number of anilines is 1. The minimum atomic E-state index is -4.01. The van der Waals surface area contributed by atoms with Gasteiger partial charge in [-0.15, -0.1) is 11.8 Å². The molecule has 1 N–H and O–H groups in total. The molecule has 7 nitrogen and oxygen atoms in total. The number of carbonyl (C=O) groups excluding carboxylic acids is 1. The fraction of sp³-hybridized carbons (Fsp3) is 0.269. The van der Waals surface area contributed by atoms with Crippen molar-refractivity contribution in [2.45, 2.75) is 23.1 Å². The Balaban J connectivity index is 1.74. The molecule has 0 heterocycles. The van der Waals surface area contributed by atoms with Gasteiger partial charge >= 0.3 is 0 Å². The fourth-order valence-electron chi connectivity index (χ4n) is 3.33. The second-order valence-corrected chi connectivity index (χ2v) is 10.8. The lowest BCUT2D eigenvalue weighted by Crippen LogP contribution is -2.41. The number of carbonyl (C=O) groups is 1. The molecule has 0 spiro atoms. The van der Waals surface area contributed by atoms with Crippen LogP contribution in [0, 0.1) is 6.92 Å². The Morgan fingerprint density at radius 1 is 0.943 bits per heavy atom. The zero-order valence-electron chi connectivity index (χ0n) is 20.1. The Morgan fingerprint density at radius 3 is 2.29 bits per heavy atom. The SMILES string of the molecule is COc1ccc(N(CC(=O)NCCCSc2ccccc2)S(=O)(=O)c2ccc(C)cc2)cc1OC. The highest BCUT2D eigenvalue weighted by Crippen LogP contribution is 2.33. The third kappa shape index (κ3) is 7.16. The van der Waals surface area contributed by atoms with Crippen molar-refractivity contribution < 1.29 is 22.7 Å².